The first kappa shape index (κ1) is 59.8. The van der Waals surface area contributed by atoms with E-state index in [0.717, 1.165) is 8.87 Å². The van der Waals surface area contributed by atoms with E-state index >= 15 is 0 Å². The molecule has 6 rings (SSSR count). The largest absolute Gasteiger partial charge is 0.455 e. The van der Waals surface area contributed by atoms with Gasteiger partial charge in [-0.3, -0.25) is 14.4 Å². The van der Waals surface area contributed by atoms with E-state index in [2.05, 4.69) is 37.8 Å². The Bertz CT molecular complexity index is 1660. The average molecular weight is 1120 g/mol. The zero-order chi connectivity index (χ0) is 50.9. The van der Waals surface area contributed by atoms with E-state index < -0.39 is 151 Å². The summed E-state index contributed by atoms with van der Waals surface area (Å²) in [6, 6.07) is 0. The Morgan fingerprint density at radius 1 is 0.588 bits per heavy atom. The molecule has 6 aliphatic rings. The number of esters is 4. The van der Waals surface area contributed by atoms with Crippen LogP contribution in [0.1, 0.15) is 53.4 Å². The minimum atomic E-state index is -1.99. The summed E-state index contributed by atoms with van der Waals surface area (Å²) in [4.78, 5) is 96.3. The van der Waals surface area contributed by atoms with E-state index in [4.69, 9.17) is 54.6 Å². The zero-order valence-electron chi connectivity index (χ0n) is 37.4. The molecular weight excluding hydrogens is 1060 g/mol. The van der Waals surface area contributed by atoms with Gasteiger partial charge in [-0.15, -0.1) is 30.3 Å². The molecule has 6 aliphatic heterocycles. The van der Waals surface area contributed by atoms with Gasteiger partial charge in [-0.1, -0.05) is 0 Å². The van der Waals surface area contributed by atoms with Crippen LogP contribution in [0.5, 0.6) is 0 Å². The molecule has 0 aliphatic carbocycles. The number of hydrogen-bond donors (Lipinski definition) is 2. The van der Waals surface area contributed by atoms with Crippen LogP contribution >= 0.6 is 11.6 Å². The summed E-state index contributed by atoms with van der Waals surface area (Å²) in [6.45, 7) is 5.46. The monoisotopic (exact) mass is 1120 g/mol. The Balaban J connectivity index is 0.000000303. The van der Waals surface area contributed by atoms with Crippen LogP contribution in [0.4, 0.5) is 0 Å². The van der Waals surface area contributed by atoms with Crippen LogP contribution in [0.2, 0.25) is 8.87 Å². The molecule has 0 radical (unpaired) electrons. The number of ether oxygens (including phenoxy) is 10. The number of rotatable bonds is 19. The molecule has 6 fully saturated rings. The maximum atomic E-state index is 11.4. The molecule has 32 heteroatoms. The smallest absolute Gasteiger partial charge is 0.332 e. The molecule has 6 saturated heterocycles. The third kappa shape index (κ3) is 22.0. The summed E-state index contributed by atoms with van der Waals surface area (Å²) in [5.74, 6) is -2.63. The number of carbonyl (C=O) groups is 5. The van der Waals surface area contributed by atoms with Crippen molar-refractivity contribution in [3.8, 4) is 0 Å². The first-order valence-electron chi connectivity index (χ1n) is 21.0. The van der Waals surface area contributed by atoms with Gasteiger partial charge in [0.25, 0.3) is 20.5 Å². The fourth-order valence-electron chi connectivity index (χ4n) is 6.71. The molecule has 0 amide bonds. The van der Waals surface area contributed by atoms with Crippen LogP contribution in [-0.2, 0) is 88.9 Å². The first-order chi connectivity index (χ1) is 32.2. The van der Waals surface area contributed by atoms with Gasteiger partial charge < -0.3 is 72.1 Å². The molecule has 0 aromatic rings. The standard InChI is InChI=1S/C10H13NO9.C8H11NO8.C6H9NO6.C4H5ClO3.2C4H9.O.Sn/c1-5(12)16-4-8(13)19-6-2-17-10-7(20-11(14)15)3-18-9(6)10;10-1-6(11)16-4-2-14-8-5(17-9(12)13)3-15-7(4)8;8-3-1-11-6-4(13-7(9)10)2-12-5(3)6;1-3(6)8-2-4(5)7;2*1-3-4-2;;/h6-7,9-10H,2-4H2,1H3;4-5,7-8,10H,1-3H2;3-6,8H,1-2H2;2H2,1H3;2*1,3-4H2,2H3;;/t6-,7+,9-,10-;4-,5+,7-,8-;3-,4+,5-,6-;;;;;/m111...../s1. The maximum Gasteiger partial charge on any atom is 0.332 e. The van der Waals surface area contributed by atoms with Crippen molar-refractivity contribution >= 4 is 60.5 Å². The summed E-state index contributed by atoms with van der Waals surface area (Å²) in [7, 11) is 0. The molecule has 30 nitrogen and oxygen atoms in total. The summed E-state index contributed by atoms with van der Waals surface area (Å²) in [6.07, 6.45) is -3.13. The van der Waals surface area contributed by atoms with Crippen molar-refractivity contribution in [1.82, 2.24) is 0 Å². The molecule has 0 bridgehead atoms. The average Bonchev–Trinajstić information content (AvgIpc) is 4.14. The molecular formula is C36H56ClN3O27Sn. The van der Waals surface area contributed by atoms with Crippen molar-refractivity contribution in [2.24, 2.45) is 0 Å². The van der Waals surface area contributed by atoms with Gasteiger partial charge in [-0.25, -0.2) is 9.59 Å². The summed E-state index contributed by atoms with van der Waals surface area (Å²) in [5.41, 5.74) is 0. The summed E-state index contributed by atoms with van der Waals surface area (Å²) >= 11 is 2.82. The van der Waals surface area contributed by atoms with E-state index in [1.807, 2.05) is 0 Å². The number of fused-ring (bicyclic) bond motifs is 3. The number of halogens is 1. The number of aliphatic hydroxyl groups excluding tert-OH is 2. The van der Waals surface area contributed by atoms with E-state index in [-0.39, 0.29) is 46.2 Å². The number of nitrogens with zero attached hydrogens (tertiary/aromatic N) is 3. The Kier molecular flexibility index (Phi) is 28.0. The van der Waals surface area contributed by atoms with Gasteiger partial charge in [0, 0.05) is 13.8 Å². The van der Waals surface area contributed by atoms with Crippen molar-refractivity contribution in [2.75, 3.05) is 59.5 Å². The molecule has 0 aromatic carbocycles. The normalized spacial score (nSPS) is 28.8. The van der Waals surface area contributed by atoms with Gasteiger partial charge in [0.2, 0.25) is 0 Å². The molecule has 2 N–H and O–H groups in total. The molecule has 0 saturated carbocycles. The third-order valence-electron chi connectivity index (χ3n) is 9.67. The van der Waals surface area contributed by atoms with Gasteiger partial charge in [0.05, 0.1) is 39.6 Å². The molecule has 0 aromatic heterocycles. The second kappa shape index (κ2) is 31.8. The predicted molar refractivity (Wildman–Crippen MR) is 217 cm³/mol. The maximum absolute atomic E-state index is 11.4. The molecule has 68 heavy (non-hydrogen) atoms. The summed E-state index contributed by atoms with van der Waals surface area (Å²) < 4.78 is 63.2. The molecule has 0 spiro atoms. The molecule has 0 unspecified atom stereocenters. The molecule has 12 atom stereocenters. The second-order valence-electron chi connectivity index (χ2n) is 14.8. The minimum absolute atomic E-state index is 0.00346. The SMILES string of the molecule is CC(=O)OCC(=O)Cl.CC(=O)OCC(=O)O[C@@H]1CO[C@H]2[C@@H]1OC[C@@H]2O[N+](=O)[O-].CCC[CH2][Sn](=[O])[CH2]CCC.O=C(CO)O[C@@H]1CO[C@H]2[C@@H]1OC[C@@H]2O[N+](=O)[O-].O=[N+]([O-])O[C@H]1CO[C@H]2[C@@H]1OC[C@H]2O. The van der Waals surface area contributed by atoms with Crippen molar-refractivity contribution in [3.05, 3.63) is 30.3 Å². The number of unbranched alkanes of at least 4 members (excludes halogenated alkanes) is 2. The van der Waals surface area contributed by atoms with Gasteiger partial charge in [0.1, 0.15) is 49.3 Å². The van der Waals surface area contributed by atoms with Crippen molar-refractivity contribution < 1.29 is 114 Å². The third-order valence-corrected chi connectivity index (χ3v) is 15.0. The Hall–Kier alpha value is -4.28. The zero-order valence-corrected chi connectivity index (χ0v) is 41.0. The predicted octanol–water partition coefficient (Wildman–Crippen LogP) is -0.854. The van der Waals surface area contributed by atoms with Crippen molar-refractivity contribution in [3.63, 3.8) is 0 Å². The van der Waals surface area contributed by atoms with Crippen LogP contribution in [-0.4, -0.2) is 207 Å². The van der Waals surface area contributed by atoms with E-state index in [1.54, 1.807) is 0 Å². The topological polar surface area (TPSA) is 392 Å². The van der Waals surface area contributed by atoms with Gasteiger partial charge in [-0.2, -0.15) is 0 Å². The quantitative estimate of drug-likeness (QED) is 0.0397. The Labute approximate surface area is 399 Å². The van der Waals surface area contributed by atoms with Crippen LogP contribution < -0.4 is 0 Å². The van der Waals surface area contributed by atoms with Gasteiger partial charge in [0.15, 0.2) is 43.7 Å². The van der Waals surface area contributed by atoms with Crippen LogP contribution in [0.15, 0.2) is 0 Å². The van der Waals surface area contributed by atoms with Crippen molar-refractivity contribution in [2.45, 2.75) is 135 Å². The fourth-order valence-corrected chi connectivity index (χ4v) is 11.7. The van der Waals surface area contributed by atoms with E-state index in [1.165, 1.54) is 39.5 Å². The molecule has 388 valence electrons. The number of hydrogen-bond acceptors (Lipinski definition) is 27. The first-order valence-corrected chi connectivity index (χ1v) is 26.6. The second-order valence-corrected chi connectivity index (χ2v) is 21.2. The Morgan fingerprint density at radius 2 is 0.926 bits per heavy atom. The van der Waals surface area contributed by atoms with Gasteiger partial charge >= 0.3 is 95.1 Å². The van der Waals surface area contributed by atoms with Crippen molar-refractivity contribution in [1.29, 1.82) is 0 Å². The minimum Gasteiger partial charge on any atom is -0.455 e. The van der Waals surface area contributed by atoms with Gasteiger partial charge in [-0.05, 0) is 11.6 Å². The van der Waals surface area contributed by atoms with E-state index in [9.17, 15) is 62.5 Å². The number of carbonyl (C=O) groups excluding carboxylic acids is 5. The molecule has 6 heterocycles. The van der Waals surface area contributed by atoms with E-state index in [0.29, 0.717) is 0 Å². The summed E-state index contributed by atoms with van der Waals surface area (Å²) in [5, 5.41) is 45.0. The van der Waals surface area contributed by atoms with Crippen LogP contribution in [0.3, 0.4) is 0 Å². The van der Waals surface area contributed by atoms with Crippen LogP contribution in [0.25, 0.3) is 0 Å². The Morgan fingerprint density at radius 3 is 1.28 bits per heavy atom. The fraction of sp³-hybridized carbons (Fsp3) is 0.861. The van der Waals surface area contributed by atoms with Crippen LogP contribution in [0, 0.1) is 30.3 Å². The number of aliphatic hydroxyl groups is 2.